The van der Waals surface area contributed by atoms with E-state index in [0.29, 0.717) is 5.25 Å². The number of nitrogens with zero attached hydrogens (tertiary/aromatic N) is 2. The molecule has 4 heteroatoms. The molecule has 3 nitrogen and oxygen atoms in total. The van der Waals surface area contributed by atoms with Crippen LogP contribution in [0.4, 0.5) is 0 Å². The molecule has 2 heterocycles. The first-order valence-electron chi connectivity index (χ1n) is 10.3. The maximum Gasteiger partial charge on any atom is 0.254 e. The third kappa shape index (κ3) is 4.37. The lowest BCUT2D eigenvalue weighted by Gasteiger charge is -2.37. The molecule has 0 spiro atoms. The highest BCUT2D eigenvalue weighted by molar-refractivity contribution is 7.99. The number of benzene rings is 1. The topological polar surface area (TPSA) is 33.2 Å². The van der Waals surface area contributed by atoms with E-state index in [1.807, 2.05) is 54.4 Å². The second kappa shape index (κ2) is 8.92. The number of amides is 1. The lowest BCUT2D eigenvalue weighted by Crippen LogP contribution is -2.38. The number of pyridine rings is 1. The van der Waals surface area contributed by atoms with Gasteiger partial charge >= 0.3 is 0 Å². The number of rotatable bonds is 4. The fourth-order valence-corrected chi connectivity index (χ4v) is 5.69. The zero-order valence-electron chi connectivity index (χ0n) is 15.8. The summed E-state index contributed by atoms with van der Waals surface area (Å²) in [5.41, 5.74) is 2.03. The molecule has 1 aromatic heterocycles. The molecule has 142 valence electrons. The molecule has 1 amide bonds. The predicted octanol–water partition coefficient (Wildman–Crippen LogP) is 5.87. The van der Waals surface area contributed by atoms with Crippen LogP contribution in [0, 0.1) is 0 Å². The maximum atomic E-state index is 13.2. The normalized spacial score (nSPS) is 21.2. The zero-order chi connectivity index (χ0) is 18.5. The van der Waals surface area contributed by atoms with Gasteiger partial charge in [-0.3, -0.25) is 4.79 Å². The second-order valence-corrected chi connectivity index (χ2v) is 8.94. The van der Waals surface area contributed by atoms with Crippen molar-refractivity contribution in [3.05, 3.63) is 59.8 Å². The highest BCUT2D eigenvalue weighted by Gasteiger charge is 2.31. The Bertz CT molecular complexity index is 758. The molecule has 27 heavy (non-hydrogen) atoms. The quantitative estimate of drug-likeness (QED) is 0.665. The Morgan fingerprint density at radius 1 is 0.926 bits per heavy atom. The molecule has 0 radical (unpaired) electrons. The van der Waals surface area contributed by atoms with Crippen molar-refractivity contribution in [2.45, 2.75) is 67.7 Å². The first-order chi connectivity index (χ1) is 13.3. The summed E-state index contributed by atoms with van der Waals surface area (Å²) < 4.78 is 0. The van der Waals surface area contributed by atoms with E-state index in [4.69, 9.17) is 4.98 Å². The standard InChI is InChI=1S/C23H28N2OS/c26-23(18-10-3-1-4-11-18)25-17-8-7-15-21(25)20-14-9-16-24-22(20)27-19-12-5-2-6-13-19/h1,3-4,9-11,14,16,19,21H,2,5-8,12-13,15,17H2/t21-/m1/s1. The fraction of sp³-hybridized carbons (Fsp3) is 0.478. The van der Waals surface area contributed by atoms with Gasteiger partial charge < -0.3 is 4.90 Å². The van der Waals surface area contributed by atoms with Crippen molar-refractivity contribution in [3.8, 4) is 0 Å². The van der Waals surface area contributed by atoms with Gasteiger partial charge in [-0.2, -0.15) is 0 Å². The van der Waals surface area contributed by atoms with E-state index in [0.717, 1.165) is 30.0 Å². The van der Waals surface area contributed by atoms with Gasteiger partial charge in [0.05, 0.1) is 6.04 Å². The van der Waals surface area contributed by atoms with E-state index in [1.165, 1.54) is 44.1 Å². The van der Waals surface area contributed by atoms with Gasteiger partial charge in [-0.25, -0.2) is 4.98 Å². The van der Waals surface area contributed by atoms with Crippen LogP contribution >= 0.6 is 11.8 Å². The van der Waals surface area contributed by atoms with Crippen LogP contribution in [0.2, 0.25) is 0 Å². The van der Waals surface area contributed by atoms with Gasteiger partial charge in [0, 0.05) is 29.1 Å². The average Bonchev–Trinajstić information content (AvgIpc) is 2.75. The Balaban J connectivity index is 1.59. The molecule has 2 aromatic rings. The van der Waals surface area contributed by atoms with Crippen LogP contribution in [0.5, 0.6) is 0 Å². The molecule has 0 bridgehead atoms. The monoisotopic (exact) mass is 380 g/mol. The van der Waals surface area contributed by atoms with Crippen molar-refractivity contribution in [3.63, 3.8) is 0 Å². The first-order valence-corrected chi connectivity index (χ1v) is 11.2. The summed E-state index contributed by atoms with van der Waals surface area (Å²) in [5.74, 6) is 0.151. The molecular formula is C23H28N2OS. The highest BCUT2D eigenvalue weighted by atomic mass is 32.2. The lowest BCUT2D eigenvalue weighted by molar-refractivity contribution is 0.0607. The Morgan fingerprint density at radius 3 is 2.52 bits per heavy atom. The number of likely N-dealkylation sites (tertiary alicyclic amines) is 1. The molecule has 4 rings (SSSR count). The fourth-order valence-electron chi connectivity index (χ4n) is 4.34. The van der Waals surface area contributed by atoms with E-state index in [-0.39, 0.29) is 11.9 Å². The number of aromatic nitrogens is 1. The van der Waals surface area contributed by atoms with Gasteiger partial charge in [-0.15, -0.1) is 11.8 Å². The summed E-state index contributed by atoms with van der Waals surface area (Å²) in [7, 11) is 0. The molecule has 0 N–H and O–H groups in total. The number of carbonyl (C=O) groups is 1. The van der Waals surface area contributed by atoms with Crippen molar-refractivity contribution in [2.24, 2.45) is 0 Å². The van der Waals surface area contributed by atoms with Gasteiger partial charge in [-0.1, -0.05) is 43.5 Å². The van der Waals surface area contributed by atoms with Crippen LogP contribution < -0.4 is 0 Å². The highest BCUT2D eigenvalue weighted by Crippen LogP contribution is 2.40. The number of hydrogen-bond acceptors (Lipinski definition) is 3. The maximum absolute atomic E-state index is 13.2. The number of hydrogen-bond donors (Lipinski definition) is 0. The van der Waals surface area contributed by atoms with Gasteiger partial charge in [0.1, 0.15) is 5.03 Å². The Kier molecular flexibility index (Phi) is 6.13. The molecule has 0 unspecified atom stereocenters. The van der Waals surface area contributed by atoms with Gasteiger partial charge in [0.2, 0.25) is 0 Å². The molecule has 1 atom stereocenters. The van der Waals surface area contributed by atoms with Crippen molar-refractivity contribution < 1.29 is 4.79 Å². The minimum Gasteiger partial charge on any atom is -0.332 e. The van der Waals surface area contributed by atoms with E-state index < -0.39 is 0 Å². The predicted molar refractivity (Wildman–Crippen MR) is 111 cm³/mol. The van der Waals surface area contributed by atoms with Crippen molar-refractivity contribution in [1.82, 2.24) is 9.88 Å². The van der Waals surface area contributed by atoms with E-state index >= 15 is 0 Å². The largest absolute Gasteiger partial charge is 0.332 e. The van der Waals surface area contributed by atoms with Gasteiger partial charge in [0.25, 0.3) is 5.91 Å². The van der Waals surface area contributed by atoms with Gasteiger partial charge in [0.15, 0.2) is 0 Å². The lowest BCUT2D eigenvalue weighted by atomic mass is 9.95. The van der Waals surface area contributed by atoms with E-state index in [1.54, 1.807) is 0 Å². The summed E-state index contributed by atoms with van der Waals surface area (Å²) in [5, 5.41) is 1.82. The van der Waals surface area contributed by atoms with Crippen LogP contribution in [-0.4, -0.2) is 27.6 Å². The number of piperidine rings is 1. The second-order valence-electron chi connectivity index (χ2n) is 7.65. The van der Waals surface area contributed by atoms with Crippen LogP contribution in [0.15, 0.2) is 53.7 Å². The first kappa shape index (κ1) is 18.5. The molecule has 2 aliphatic rings. The average molecular weight is 381 g/mol. The summed E-state index contributed by atoms with van der Waals surface area (Å²) in [4.78, 5) is 20.0. The van der Waals surface area contributed by atoms with Crippen LogP contribution in [-0.2, 0) is 0 Å². The van der Waals surface area contributed by atoms with Crippen molar-refractivity contribution in [2.75, 3.05) is 6.54 Å². The Morgan fingerprint density at radius 2 is 1.70 bits per heavy atom. The minimum absolute atomic E-state index is 0.145. The zero-order valence-corrected chi connectivity index (χ0v) is 16.7. The van der Waals surface area contributed by atoms with Crippen molar-refractivity contribution in [1.29, 1.82) is 0 Å². The molecular weight excluding hydrogens is 352 g/mol. The minimum atomic E-state index is 0.145. The van der Waals surface area contributed by atoms with Crippen LogP contribution in [0.25, 0.3) is 0 Å². The summed E-state index contributed by atoms with van der Waals surface area (Å²) in [6, 6.07) is 14.1. The SMILES string of the molecule is O=C(c1ccccc1)N1CCCC[C@@H]1c1cccnc1SC1CCCCC1. The Hall–Kier alpha value is -1.81. The third-order valence-corrected chi connectivity index (χ3v) is 7.14. The van der Waals surface area contributed by atoms with Gasteiger partial charge in [-0.05, 0) is 50.3 Å². The summed E-state index contributed by atoms with van der Waals surface area (Å²) in [6.07, 6.45) is 11.8. The van der Waals surface area contributed by atoms with Crippen LogP contribution in [0.3, 0.4) is 0 Å². The molecule has 1 aliphatic carbocycles. The van der Waals surface area contributed by atoms with Crippen LogP contribution in [0.1, 0.15) is 73.3 Å². The number of carbonyl (C=O) groups excluding carboxylic acids is 1. The molecule has 1 saturated carbocycles. The molecule has 2 fully saturated rings. The molecule has 1 aliphatic heterocycles. The molecule has 1 saturated heterocycles. The summed E-state index contributed by atoms with van der Waals surface area (Å²) in [6.45, 7) is 0.834. The van der Waals surface area contributed by atoms with Crippen molar-refractivity contribution >= 4 is 17.7 Å². The Labute approximate surface area is 166 Å². The summed E-state index contributed by atoms with van der Waals surface area (Å²) >= 11 is 1.95. The third-order valence-electron chi connectivity index (χ3n) is 5.77. The molecule has 1 aromatic carbocycles. The smallest absolute Gasteiger partial charge is 0.254 e. The van der Waals surface area contributed by atoms with E-state index in [2.05, 4.69) is 11.0 Å². The number of thioether (sulfide) groups is 1. The van der Waals surface area contributed by atoms with E-state index in [9.17, 15) is 4.79 Å².